The summed E-state index contributed by atoms with van der Waals surface area (Å²) in [6.07, 6.45) is 8.18. The van der Waals surface area contributed by atoms with E-state index < -0.39 is 9.84 Å². The van der Waals surface area contributed by atoms with Crippen molar-refractivity contribution >= 4 is 15.5 Å². The minimum atomic E-state index is -3.16. The maximum absolute atomic E-state index is 11.6. The van der Waals surface area contributed by atoms with E-state index in [2.05, 4.69) is 11.4 Å². The molecule has 1 aromatic carbocycles. The number of para-hydroxylation sites is 1. The Morgan fingerprint density at radius 2 is 2.06 bits per heavy atom. The number of hydrogen-bond donors (Lipinski definition) is 1. The van der Waals surface area contributed by atoms with Gasteiger partial charge in [0.25, 0.3) is 0 Å². The normalized spacial score (nSPS) is 15.5. The van der Waals surface area contributed by atoms with Crippen LogP contribution in [0, 0.1) is 0 Å². The van der Waals surface area contributed by atoms with Gasteiger partial charge in [-0.05, 0) is 37.8 Å². The molecule has 1 aromatic rings. The largest absolute Gasteiger partial charge is 0.384 e. The van der Waals surface area contributed by atoms with Crippen LogP contribution in [0.5, 0.6) is 0 Å². The third kappa shape index (κ3) is 3.35. The summed E-state index contributed by atoms with van der Waals surface area (Å²) in [5.74, 6) is 0. The van der Waals surface area contributed by atoms with Crippen LogP contribution < -0.4 is 5.32 Å². The van der Waals surface area contributed by atoms with Crippen LogP contribution >= 0.6 is 0 Å². The molecule has 98 valence electrons. The van der Waals surface area contributed by atoms with E-state index in [1.807, 2.05) is 12.1 Å². The maximum Gasteiger partial charge on any atom is 0.177 e. The molecular weight excluding hydrogens is 246 g/mol. The first-order valence-corrected chi connectivity index (χ1v) is 8.17. The summed E-state index contributed by atoms with van der Waals surface area (Å²) in [4.78, 5) is 0.380. The summed E-state index contributed by atoms with van der Waals surface area (Å²) in [5.41, 5.74) is 2.19. The van der Waals surface area contributed by atoms with Crippen molar-refractivity contribution in [2.45, 2.75) is 30.6 Å². The summed E-state index contributed by atoms with van der Waals surface area (Å²) in [7, 11) is -3.16. The zero-order chi connectivity index (χ0) is 13.0. The van der Waals surface area contributed by atoms with E-state index in [1.54, 1.807) is 12.1 Å². The Balaban J connectivity index is 2.01. The fraction of sp³-hybridized carbons (Fsp3) is 0.429. The summed E-state index contributed by atoms with van der Waals surface area (Å²) in [6.45, 7) is 0.790. The number of sulfone groups is 1. The molecule has 0 radical (unpaired) electrons. The first-order chi connectivity index (χ1) is 8.57. The van der Waals surface area contributed by atoms with Crippen molar-refractivity contribution in [3.8, 4) is 0 Å². The van der Waals surface area contributed by atoms with Crippen molar-refractivity contribution in [3.63, 3.8) is 0 Å². The van der Waals surface area contributed by atoms with Gasteiger partial charge in [0.15, 0.2) is 9.84 Å². The van der Waals surface area contributed by atoms with Crippen LogP contribution in [0.2, 0.25) is 0 Å². The highest BCUT2D eigenvalue weighted by atomic mass is 32.2. The van der Waals surface area contributed by atoms with E-state index in [0.29, 0.717) is 10.6 Å². The molecule has 1 aliphatic carbocycles. The number of rotatable bonds is 5. The molecule has 0 saturated carbocycles. The molecule has 0 aliphatic heterocycles. The molecule has 0 heterocycles. The highest BCUT2D eigenvalue weighted by Crippen LogP contribution is 2.23. The molecule has 2 rings (SSSR count). The van der Waals surface area contributed by atoms with Crippen LogP contribution in [-0.4, -0.2) is 21.2 Å². The van der Waals surface area contributed by atoms with E-state index in [4.69, 9.17) is 0 Å². The van der Waals surface area contributed by atoms with Gasteiger partial charge in [0.05, 0.1) is 10.6 Å². The lowest BCUT2D eigenvalue weighted by molar-refractivity contribution is 0.602. The number of hydrogen-bond acceptors (Lipinski definition) is 3. The van der Waals surface area contributed by atoms with Crippen molar-refractivity contribution in [3.05, 3.63) is 35.9 Å². The summed E-state index contributed by atoms with van der Waals surface area (Å²) in [6, 6.07) is 7.07. The van der Waals surface area contributed by atoms with Gasteiger partial charge in [-0.3, -0.25) is 0 Å². The standard InChI is InChI=1S/C14H19NO2S/c1-18(16,17)14-9-5-4-8-13(14)15-11-10-12-6-2-3-7-12/h4-6,8-9,15H,2-3,7,10-11H2,1H3. The Kier molecular flexibility index (Phi) is 4.07. The summed E-state index contributed by atoms with van der Waals surface area (Å²) < 4.78 is 23.2. The molecule has 0 aromatic heterocycles. The van der Waals surface area contributed by atoms with Crippen molar-refractivity contribution in [2.24, 2.45) is 0 Å². The molecule has 1 aliphatic rings. The SMILES string of the molecule is CS(=O)(=O)c1ccccc1NCCC1=CCCC1. The fourth-order valence-corrected chi connectivity index (χ4v) is 3.12. The minimum absolute atomic E-state index is 0.380. The minimum Gasteiger partial charge on any atom is -0.384 e. The second-order valence-corrected chi connectivity index (χ2v) is 6.68. The van der Waals surface area contributed by atoms with Crippen LogP contribution in [0.15, 0.2) is 40.8 Å². The Hall–Kier alpha value is -1.29. The molecule has 0 unspecified atom stereocenters. The van der Waals surface area contributed by atoms with Gasteiger partial charge < -0.3 is 5.32 Å². The van der Waals surface area contributed by atoms with Gasteiger partial charge in [0, 0.05) is 12.8 Å². The highest BCUT2D eigenvalue weighted by Gasteiger charge is 2.12. The average molecular weight is 265 g/mol. The highest BCUT2D eigenvalue weighted by molar-refractivity contribution is 7.90. The molecule has 0 saturated heterocycles. The third-order valence-corrected chi connectivity index (χ3v) is 4.34. The van der Waals surface area contributed by atoms with Crippen LogP contribution in [0.1, 0.15) is 25.7 Å². The van der Waals surface area contributed by atoms with Crippen molar-refractivity contribution < 1.29 is 8.42 Å². The maximum atomic E-state index is 11.6. The molecule has 4 heteroatoms. The van der Waals surface area contributed by atoms with Gasteiger partial charge in [-0.15, -0.1) is 0 Å². The van der Waals surface area contributed by atoms with Crippen molar-refractivity contribution in [2.75, 3.05) is 18.1 Å². The number of allylic oxidation sites excluding steroid dienone is 1. The molecule has 3 nitrogen and oxygen atoms in total. The molecular formula is C14H19NO2S. The number of benzene rings is 1. The predicted octanol–water partition coefficient (Wildman–Crippen LogP) is 3.00. The van der Waals surface area contributed by atoms with E-state index >= 15 is 0 Å². The molecule has 0 spiro atoms. The van der Waals surface area contributed by atoms with E-state index in [1.165, 1.54) is 31.1 Å². The molecule has 1 N–H and O–H groups in total. The Morgan fingerprint density at radius 1 is 1.28 bits per heavy atom. The molecule has 0 bridgehead atoms. The zero-order valence-electron chi connectivity index (χ0n) is 10.6. The number of nitrogens with one attached hydrogen (secondary N) is 1. The monoisotopic (exact) mass is 265 g/mol. The third-order valence-electron chi connectivity index (χ3n) is 3.18. The fourth-order valence-electron chi connectivity index (χ4n) is 2.26. The zero-order valence-corrected chi connectivity index (χ0v) is 11.5. The van der Waals surface area contributed by atoms with Gasteiger partial charge >= 0.3 is 0 Å². The lowest BCUT2D eigenvalue weighted by atomic mass is 10.1. The van der Waals surface area contributed by atoms with Crippen LogP contribution in [0.25, 0.3) is 0 Å². The van der Waals surface area contributed by atoms with Crippen LogP contribution in [0.3, 0.4) is 0 Å². The first-order valence-electron chi connectivity index (χ1n) is 6.28. The summed E-state index contributed by atoms with van der Waals surface area (Å²) in [5, 5.41) is 3.23. The molecule has 0 atom stereocenters. The van der Waals surface area contributed by atoms with Crippen molar-refractivity contribution in [1.82, 2.24) is 0 Å². The lowest BCUT2D eigenvalue weighted by Gasteiger charge is -2.10. The van der Waals surface area contributed by atoms with Gasteiger partial charge in [-0.1, -0.05) is 23.8 Å². The second-order valence-electron chi connectivity index (χ2n) is 4.70. The topological polar surface area (TPSA) is 46.2 Å². The predicted molar refractivity (Wildman–Crippen MR) is 74.6 cm³/mol. The Morgan fingerprint density at radius 3 is 2.72 bits per heavy atom. The van der Waals surface area contributed by atoms with Crippen molar-refractivity contribution in [1.29, 1.82) is 0 Å². The first kappa shape index (κ1) is 13.1. The van der Waals surface area contributed by atoms with E-state index in [-0.39, 0.29) is 0 Å². The van der Waals surface area contributed by atoms with E-state index in [9.17, 15) is 8.42 Å². The molecule has 18 heavy (non-hydrogen) atoms. The molecule has 0 amide bonds. The molecule has 0 fully saturated rings. The Bertz CT molecular complexity index is 547. The van der Waals surface area contributed by atoms with Gasteiger partial charge in [0.1, 0.15) is 0 Å². The quantitative estimate of drug-likeness (QED) is 0.832. The van der Waals surface area contributed by atoms with Crippen LogP contribution in [0.4, 0.5) is 5.69 Å². The summed E-state index contributed by atoms with van der Waals surface area (Å²) >= 11 is 0. The smallest absolute Gasteiger partial charge is 0.177 e. The number of anilines is 1. The van der Waals surface area contributed by atoms with Gasteiger partial charge in [0.2, 0.25) is 0 Å². The van der Waals surface area contributed by atoms with Crippen LogP contribution in [-0.2, 0) is 9.84 Å². The Labute approximate surface area is 109 Å². The van der Waals surface area contributed by atoms with Gasteiger partial charge in [-0.2, -0.15) is 0 Å². The second kappa shape index (κ2) is 5.57. The van der Waals surface area contributed by atoms with E-state index in [0.717, 1.165) is 13.0 Å². The van der Waals surface area contributed by atoms with Gasteiger partial charge in [-0.25, -0.2) is 8.42 Å². The lowest BCUT2D eigenvalue weighted by Crippen LogP contribution is -2.07. The average Bonchev–Trinajstić information content (AvgIpc) is 2.81.